The van der Waals surface area contributed by atoms with E-state index >= 15 is 0 Å². The molecule has 3 aromatic carbocycles. The molecule has 0 spiro atoms. The molecule has 0 fully saturated rings. The van der Waals surface area contributed by atoms with Crippen LogP contribution in [-0.2, 0) is 5.41 Å². The Balaban J connectivity index is 2.26. The Morgan fingerprint density at radius 1 is 0.808 bits per heavy atom. The van der Waals surface area contributed by atoms with Gasteiger partial charge in [-0.25, -0.2) is 4.79 Å². The molecule has 0 aliphatic heterocycles. The number of aromatic hydroxyl groups is 1. The molecule has 2 N–H and O–H groups in total. The van der Waals surface area contributed by atoms with Gasteiger partial charge in [-0.15, -0.1) is 0 Å². The Hall–Kier alpha value is -3.07. The van der Waals surface area contributed by atoms with Gasteiger partial charge in [-0.2, -0.15) is 0 Å². The van der Waals surface area contributed by atoms with Crippen LogP contribution in [0, 0.1) is 0 Å². The molecule has 3 nitrogen and oxygen atoms in total. The highest BCUT2D eigenvalue weighted by Gasteiger charge is 2.20. The van der Waals surface area contributed by atoms with Crippen molar-refractivity contribution in [1.29, 1.82) is 0 Å². The van der Waals surface area contributed by atoms with Crippen molar-refractivity contribution in [2.45, 2.75) is 26.2 Å². The molecule has 3 rings (SSSR count). The maximum absolute atomic E-state index is 11.5. The molecule has 132 valence electrons. The first-order valence-electron chi connectivity index (χ1n) is 8.54. The van der Waals surface area contributed by atoms with Crippen molar-refractivity contribution in [3.63, 3.8) is 0 Å². The molecule has 0 saturated carbocycles. The quantitative estimate of drug-likeness (QED) is 0.637. The predicted octanol–water partition coefficient (Wildman–Crippen LogP) is 5.72. The molecule has 0 aliphatic carbocycles. The van der Waals surface area contributed by atoms with E-state index in [4.69, 9.17) is 0 Å². The Labute approximate surface area is 153 Å². The first-order chi connectivity index (χ1) is 12.3. The smallest absolute Gasteiger partial charge is 0.335 e. The van der Waals surface area contributed by atoms with Crippen LogP contribution >= 0.6 is 0 Å². The molecule has 0 aromatic heterocycles. The van der Waals surface area contributed by atoms with Gasteiger partial charge in [0, 0.05) is 0 Å². The number of hydrogen-bond donors (Lipinski definition) is 2. The highest BCUT2D eigenvalue weighted by atomic mass is 16.4. The number of phenolic OH excluding ortho intramolecular Hbond substituents is 1. The van der Waals surface area contributed by atoms with Crippen LogP contribution < -0.4 is 0 Å². The molecular weight excluding hydrogens is 324 g/mol. The number of phenols is 1. The Morgan fingerprint density at radius 2 is 1.50 bits per heavy atom. The van der Waals surface area contributed by atoms with Crippen molar-refractivity contribution in [2.75, 3.05) is 0 Å². The summed E-state index contributed by atoms with van der Waals surface area (Å²) >= 11 is 0. The SMILES string of the molecule is CC(C)(C)c1cc(-c2cc(C(=O)O)ccc2-c2ccccc2)ccc1O. The zero-order chi connectivity index (χ0) is 18.9. The second-order valence-electron chi connectivity index (χ2n) is 7.41. The van der Waals surface area contributed by atoms with E-state index in [9.17, 15) is 15.0 Å². The lowest BCUT2D eigenvalue weighted by molar-refractivity contribution is 0.0697. The molecule has 0 bridgehead atoms. The van der Waals surface area contributed by atoms with Crippen molar-refractivity contribution >= 4 is 5.97 Å². The average Bonchev–Trinajstić information content (AvgIpc) is 2.61. The number of benzene rings is 3. The third-order valence-electron chi connectivity index (χ3n) is 4.47. The van der Waals surface area contributed by atoms with Crippen LogP contribution in [0.25, 0.3) is 22.3 Å². The average molecular weight is 346 g/mol. The van der Waals surface area contributed by atoms with Gasteiger partial charge < -0.3 is 10.2 Å². The van der Waals surface area contributed by atoms with E-state index < -0.39 is 5.97 Å². The van der Waals surface area contributed by atoms with Gasteiger partial charge >= 0.3 is 5.97 Å². The fraction of sp³-hybridized carbons (Fsp3) is 0.174. The minimum Gasteiger partial charge on any atom is -0.508 e. The summed E-state index contributed by atoms with van der Waals surface area (Å²) < 4.78 is 0. The third kappa shape index (κ3) is 3.47. The normalized spacial score (nSPS) is 11.3. The maximum Gasteiger partial charge on any atom is 0.335 e. The fourth-order valence-corrected chi connectivity index (χ4v) is 3.09. The molecule has 0 amide bonds. The summed E-state index contributed by atoms with van der Waals surface area (Å²) in [5, 5.41) is 19.7. The highest BCUT2D eigenvalue weighted by Crippen LogP contribution is 2.38. The van der Waals surface area contributed by atoms with E-state index in [2.05, 4.69) is 0 Å². The third-order valence-corrected chi connectivity index (χ3v) is 4.47. The number of carboxylic acids is 1. The molecule has 3 heteroatoms. The van der Waals surface area contributed by atoms with Crippen LogP contribution in [0.3, 0.4) is 0 Å². The summed E-state index contributed by atoms with van der Waals surface area (Å²) in [6, 6.07) is 20.5. The number of aromatic carboxylic acids is 1. The van der Waals surface area contributed by atoms with Crippen LogP contribution in [0.5, 0.6) is 5.75 Å². The monoisotopic (exact) mass is 346 g/mol. The molecule has 0 unspecified atom stereocenters. The summed E-state index contributed by atoms with van der Waals surface area (Å²) in [4.78, 5) is 11.5. The first-order valence-corrected chi connectivity index (χ1v) is 8.54. The van der Waals surface area contributed by atoms with Crippen LogP contribution in [0.4, 0.5) is 0 Å². The lowest BCUT2D eigenvalue weighted by Gasteiger charge is -2.22. The van der Waals surface area contributed by atoms with Gasteiger partial charge in [-0.1, -0.05) is 63.2 Å². The van der Waals surface area contributed by atoms with Gasteiger partial charge in [-0.3, -0.25) is 0 Å². The molecule has 26 heavy (non-hydrogen) atoms. The van der Waals surface area contributed by atoms with Crippen LogP contribution in [0.2, 0.25) is 0 Å². The summed E-state index contributed by atoms with van der Waals surface area (Å²) in [6.07, 6.45) is 0. The van der Waals surface area contributed by atoms with Crippen molar-refractivity contribution in [1.82, 2.24) is 0 Å². The number of carbonyl (C=O) groups is 1. The zero-order valence-electron chi connectivity index (χ0n) is 15.2. The van der Waals surface area contributed by atoms with Gasteiger partial charge in [0.2, 0.25) is 0 Å². The zero-order valence-corrected chi connectivity index (χ0v) is 15.2. The lowest BCUT2D eigenvalue weighted by atomic mass is 9.83. The van der Waals surface area contributed by atoms with Crippen molar-refractivity contribution in [3.05, 3.63) is 77.9 Å². The van der Waals surface area contributed by atoms with Crippen LogP contribution in [0.1, 0.15) is 36.7 Å². The van der Waals surface area contributed by atoms with Crippen LogP contribution in [-0.4, -0.2) is 16.2 Å². The standard InChI is InChI=1S/C23H22O3/c1-23(2,3)20-14-16(10-12-21(20)24)19-13-17(22(25)26)9-11-18(19)15-7-5-4-6-8-15/h4-14,24H,1-3H3,(H,25,26). The molecule has 0 aliphatic rings. The first kappa shape index (κ1) is 17.7. The van der Waals surface area contributed by atoms with Gasteiger partial charge in [0.1, 0.15) is 5.75 Å². The van der Waals surface area contributed by atoms with E-state index in [0.717, 1.165) is 27.8 Å². The van der Waals surface area contributed by atoms with E-state index in [-0.39, 0.29) is 16.7 Å². The van der Waals surface area contributed by atoms with E-state index in [1.807, 2.05) is 69.3 Å². The molecule has 0 atom stereocenters. The topological polar surface area (TPSA) is 57.5 Å². The number of hydrogen-bond acceptors (Lipinski definition) is 2. The summed E-state index contributed by atoms with van der Waals surface area (Å²) in [6.45, 7) is 6.12. The largest absolute Gasteiger partial charge is 0.508 e. The van der Waals surface area contributed by atoms with Gasteiger partial charge in [0.15, 0.2) is 0 Å². The van der Waals surface area contributed by atoms with E-state index in [0.29, 0.717) is 0 Å². The predicted molar refractivity (Wildman–Crippen MR) is 105 cm³/mol. The van der Waals surface area contributed by atoms with Crippen LogP contribution in [0.15, 0.2) is 66.7 Å². The van der Waals surface area contributed by atoms with Crippen molar-refractivity contribution in [3.8, 4) is 28.0 Å². The van der Waals surface area contributed by atoms with Gasteiger partial charge in [0.25, 0.3) is 0 Å². The summed E-state index contributed by atoms with van der Waals surface area (Å²) in [7, 11) is 0. The minimum atomic E-state index is -0.958. The lowest BCUT2D eigenvalue weighted by Crippen LogP contribution is -2.11. The molecular formula is C23H22O3. The second kappa shape index (κ2) is 6.68. The Bertz CT molecular complexity index is 951. The van der Waals surface area contributed by atoms with Gasteiger partial charge in [0.05, 0.1) is 5.56 Å². The summed E-state index contributed by atoms with van der Waals surface area (Å²) in [5.41, 5.74) is 4.54. The molecule has 0 heterocycles. The Morgan fingerprint density at radius 3 is 2.12 bits per heavy atom. The number of carboxylic acid groups (broad SMARTS) is 1. The Kier molecular flexibility index (Phi) is 4.56. The highest BCUT2D eigenvalue weighted by molar-refractivity contribution is 5.93. The maximum atomic E-state index is 11.5. The van der Waals surface area contributed by atoms with Gasteiger partial charge in [-0.05, 0) is 57.5 Å². The summed E-state index contributed by atoms with van der Waals surface area (Å²) in [5.74, 6) is -0.711. The van der Waals surface area contributed by atoms with E-state index in [1.165, 1.54) is 0 Å². The molecule has 0 saturated heterocycles. The molecule has 0 radical (unpaired) electrons. The van der Waals surface area contributed by atoms with Crippen molar-refractivity contribution in [2.24, 2.45) is 0 Å². The minimum absolute atomic E-state index is 0.225. The van der Waals surface area contributed by atoms with Crippen molar-refractivity contribution < 1.29 is 15.0 Å². The van der Waals surface area contributed by atoms with E-state index in [1.54, 1.807) is 18.2 Å². The molecule has 3 aromatic rings. The fourth-order valence-electron chi connectivity index (χ4n) is 3.09. The second-order valence-corrected chi connectivity index (χ2v) is 7.41. The number of rotatable bonds is 3.